The molecular formula is C17H18N2. The maximum Gasteiger partial charge on any atom is 0.0998 e. The van der Waals surface area contributed by atoms with E-state index in [-0.39, 0.29) is 0 Å². The van der Waals surface area contributed by atoms with E-state index >= 15 is 0 Å². The Morgan fingerprint density at radius 3 is 2.58 bits per heavy atom. The molecule has 2 unspecified atom stereocenters. The second kappa shape index (κ2) is 4.93. The Kier molecular flexibility index (Phi) is 3.13. The van der Waals surface area contributed by atoms with Gasteiger partial charge in [0.25, 0.3) is 0 Å². The summed E-state index contributed by atoms with van der Waals surface area (Å²) in [7, 11) is 0. The smallest absolute Gasteiger partial charge is 0.0998 e. The van der Waals surface area contributed by atoms with E-state index in [9.17, 15) is 5.26 Å². The molecule has 3 rings (SSSR count). The highest BCUT2D eigenvalue weighted by Gasteiger charge is 2.23. The number of nitrogens with one attached hydrogen (secondary N) is 1. The van der Waals surface area contributed by atoms with Gasteiger partial charge in [0.05, 0.1) is 11.6 Å². The van der Waals surface area contributed by atoms with Crippen molar-refractivity contribution in [3.63, 3.8) is 0 Å². The van der Waals surface area contributed by atoms with Crippen LogP contribution in [0.2, 0.25) is 0 Å². The first-order chi connectivity index (χ1) is 9.29. The number of rotatable bonds is 2. The van der Waals surface area contributed by atoms with Crippen LogP contribution in [0.3, 0.4) is 0 Å². The molecule has 0 spiro atoms. The molecule has 2 aromatic rings. The summed E-state index contributed by atoms with van der Waals surface area (Å²) in [6, 6.07) is 15.0. The Hall–Kier alpha value is -2.01. The molecule has 96 valence electrons. The highest BCUT2D eigenvalue weighted by molar-refractivity contribution is 5.97. The van der Waals surface area contributed by atoms with Crippen LogP contribution in [0.15, 0.2) is 36.4 Å². The molecule has 2 aromatic carbocycles. The summed E-state index contributed by atoms with van der Waals surface area (Å²) in [4.78, 5) is 0. The molecule has 0 heterocycles. The normalized spacial score (nSPS) is 22.3. The van der Waals surface area contributed by atoms with Gasteiger partial charge in [0.2, 0.25) is 0 Å². The lowest BCUT2D eigenvalue weighted by Crippen LogP contribution is -2.21. The molecule has 0 aliphatic heterocycles. The van der Waals surface area contributed by atoms with E-state index in [1.165, 1.54) is 19.3 Å². The van der Waals surface area contributed by atoms with Crippen molar-refractivity contribution in [3.05, 3.63) is 42.0 Å². The van der Waals surface area contributed by atoms with Gasteiger partial charge in [0.1, 0.15) is 0 Å². The number of fused-ring (bicyclic) bond motifs is 1. The molecule has 2 heteroatoms. The fourth-order valence-electron chi connectivity index (χ4n) is 3.08. The van der Waals surface area contributed by atoms with E-state index in [1.54, 1.807) is 0 Å². The maximum atomic E-state index is 9.18. The van der Waals surface area contributed by atoms with Crippen LogP contribution in [0.5, 0.6) is 0 Å². The Balaban J connectivity index is 2.03. The van der Waals surface area contributed by atoms with E-state index < -0.39 is 0 Å². The summed E-state index contributed by atoms with van der Waals surface area (Å²) in [5.74, 6) is 0.731. The summed E-state index contributed by atoms with van der Waals surface area (Å²) in [5.41, 5.74) is 1.91. The third kappa shape index (κ3) is 2.17. The average molecular weight is 250 g/mol. The number of hydrogen-bond acceptors (Lipinski definition) is 2. The fraction of sp³-hybridized carbons (Fsp3) is 0.353. The topological polar surface area (TPSA) is 35.8 Å². The predicted molar refractivity (Wildman–Crippen MR) is 79.1 cm³/mol. The van der Waals surface area contributed by atoms with Crippen molar-refractivity contribution >= 4 is 16.5 Å². The molecule has 2 nitrogen and oxygen atoms in total. The Morgan fingerprint density at radius 2 is 1.89 bits per heavy atom. The lowest BCUT2D eigenvalue weighted by Gasteiger charge is -2.20. The van der Waals surface area contributed by atoms with Gasteiger partial charge < -0.3 is 5.32 Å². The maximum absolute atomic E-state index is 9.18. The number of nitriles is 1. The minimum absolute atomic E-state index is 0.566. The van der Waals surface area contributed by atoms with Crippen LogP contribution in [-0.2, 0) is 0 Å². The van der Waals surface area contributed by atoms with Gasteiger partial charge >= 0.3 is 0 Å². The molecule has 19 heavy (non-hydrogen) atoms. The van der Waals surface area contributed by atoms with Gasteiger partial charge in [0.15, 0.2) is 0 Å². The van der Waals surface area contributed by atoms with Crippen molar-refractivity contribution in [2.45, 2.75) is 32.2 Å². The van der Waals surface area contributed by atoms with Gasteiger partial charge in [-0.2, -0.15) is 5.26 Å². The van der Waals surface area contributed by atoms with E-state index in [1.807, 2.05) is 30.3 Å². The van der Waals surface area contributed by atoms with Gasteiger partial charge in [-0.1, -0.05) is 37.6 Å². The van der Waals surface area contributed by atoms with Crippen molar-refractivity contribution in [1.82, 2.24) is 0 Å². The summed E-state index contributed by atoms with van der Waals surface area (Å²) in [6.07, 6.45) is 3.87. The average Bonchev–Trinajstić information content (AvgIpc) is 2.85. The minimum Gasteiger partial charge on any atom is -0.382 e. The zero-order valence-electron chi connectivity index (χ0n) is 11.2. The van der Waals surface area contributed by atoms with E-state index in [2.05, 4.69) is 24.4 Å². The molecule has 0 aromatic heterocycles. The van der Waals surface area contributed by atoms with Crippen LogP contribution in [0.25, 0.3) is 10.8 Å². The molecule has 1 saturated carbocycles. The Bertz CT molecular complexity index is 639. The van der Waals surface area contributed by atoms with Crippen LogP contribution in [0.4, 0.5) is 5.69 Å². The van der Waals surface area contributed by atoms with E-state index in [0.717, 1.165) is 27.9 Å². The molecule has 0 bridgehead atoms. The summed E-state index contributed by atoms with van der Waals surface area (Å²) >= 11 is 0. The van der Waals surface area contributed by atoms with Crippen molar-refractivity contribution in [3.8, 4) is 6.07 Å². The second-order valence-corrected chi connectivity index (χ2v) is 5.48. The van der Waals surface area contributed by atoms with Crippen molar-refractivity contribution in [2.24, 2.45) is 5.92 Å². The van der Waals surface area contributed by atoms with Crippen molar-refractivity contribution < 1.29 is 0 Å². The minimum atomic E-state index is 0.566. The van der Waals surface area contributed by atoms with Crippen molar-refractivity contribution in [2.75, 3.05) is 5.32 Å². The largest absolute Gasteiger partial charge is 0.382 e. The Morgan fingerprint density at radius 1 is 1.11 bits per heavy atom. The van der Waals surface area contributed by atoms with E-state index in [4.69, 9.17) is 0 Å². The first-order valence-electron chi connectivity index (χ1n) is 6.98. The second-order valence-electron chi connectivity index (χ2n) is 5.48. The summed E-state index contributed by atoms with van der Waals surface area (Å²) in [5, 5.41) is 15.1. The zero-order chi connectivity index (χ0) is 13.2. The molecule has 0 amide bonds. The summed E-state index contributed by atoms with van der Waals surface area (Å²) < 4.78 is 0. The van der Waals surface area contributed by atoms with E-state index in [0.29, 0.717) is 6.04 Å². The monoisotopic (exact) mass is 250 g/mol. The van der Waals surface area contributed by atoms with Gasteiger partial charge in [-0.3, -0.25) is 0 Å². The first kappa shape index (κ1) is 12.0. The molecule has 0 saturated heterocycles. The van der Waals surface area contributed by atoms with Gasteiger partial charge in [-0.25, -0.2) is 0 Å². The molecule has 1 aliphatic rings. The van der Waals surface area contributed by atoms with Crippen LogP contribution in [0, 0.1) is 17.2 Å². The highest BCUT2D eigenvalue weighted by atomic mass is 14.9. The molecule has 1 aliphatic carbocycles. The van der Waals surface area contributed by atoms with Crippen molar-refractivity contribution in [1.29, 1.82) is 5.26 Å². The lowest BCUT2D eigenvalue weighted by atomic mass is 10.0. The first-order valence-corrected chi connectivity index (χ1v) is 6.98. The fourth-order valence-corrected chi connectivity index (χ4v) is 3.08. The van der Waals surface area contributed by atoms with Crippen LogP contribution in [-0.4, -0.2) is 6.04 Å². The third-order valence-corrected chi connectivity index (χ3v) is 4.25. The van der Waals surface area contributed by atoms with Gasteiger partial charge in [0, 0.05) is 22.5 Å². The Labute approximate surface area is 114 Å². The highest BCUT2D eigenvalue weighted by Crippen LogP contribution is 2.32. The zero-order valence-corrected chi connectivity index (χ0v) is 11.2. The summed E-state index contributed by atoms with van der Waals surface area (Å²) in [6.45, 7) is 2.32. The molecule has 2 atom stereocenters. The van der Waals surface area contributed by atoms with Gasteiger partial charge in [-0.15, -0.1) is 0 Å². The number of anilines is 1. The predicted octanol–water partition coefficient (Wildman–Crippen LogP) is 4.31. The molecule has 1 fully saturated rings. The van der Waals surface area contributed by atoms with Crippen LogP contribution < -0.4 is 5.32 Å². The standard InChI is InChI=1S/C17H18N2/c1-12-5-4-8-16(12)19-17-10-9-13(11-18)14-6-2-3-7-15(14)17/h2-3,6-7,9-10,12,16,19H,4-5,8H2,1H3. The molecular weight excluding hydrogens is 232 g/mol. The van der Waals surface area contributed by atoms with Crippen LogP contribution in [0.1, 0.15) is 31.7 Å². The number of hydrogen-bond donors (Lipinski definition) is 1. The molecule has 1 N–H and O–H groups in total. The molecule has 0 radical (unpaired) electrons. The van der Waals surface area contributed by atoms with Gasteiger partial charge in [-0.05, 0) is 30.9 Å². The lowest BCUT2D eigenvalue weighted by molar-refractivity contribution is 0.557. The quantitative estimate of drug-likeness (QED) is 0.862. The number of benzene rings is 2. The third-order valence-electron chi connectivity index (χ3n) is 4.25. The van der Waals surface area contributed by atoms with Crippen LogP contribution >= 0.6 is 0 Å². The SMILES string of the molecule is CC1CCCC1Nc1ccc(C#N)c2ccccc12. The number of nitrogens with zero attached hydrogens (tertiary/aromatic N) is 1.